The molecular formula is C10H10N2S. The van der Waals surface area contributed by atoms with Crippen molar-refractivity contribution >= 4 is 22.9 Å². The second kappa shape index (κ2) is 3.77. The van der Waals surface area contributed by atoms with Crippen molar-refractivity contribution in [2.24, 2.45) is 0 Å². The van der Waals surface area contributed by atoms with Gasteiger partial charge in [0.1, 0.15) is 0 Å². The third-order valence-corrected chi connectivity index (χ3v) is 2.60. The van der Waals surface area contributed by atoms with Gasteiger partial charge in [-0.15, -0.1) is 0 Å². The number of nitrogens with zero attached hydrogens (tertiary/aromatic N) is 1. The van der Waals surface area contributed by atoms with Crippen LogP contribution in [0.15, 0.2) is 41.4 Å². The molecule has 2 nitrogen and oxygen atoms in total. The maximum Gasteiger partial charge on any atom is 0.0713 e. The van der Waals surface area contributed by atoms with E-state index in [1.807, 2.05) is 31.4 Å². The van der Waals surface area contributed by atoms with E-state index in [4.69, 9.17) is 0 Å². The van der Waals surface area contributed by atoms with Gasteiger partial charge in [-0.1, -0.05) is 12.1 Å². The number of rotatable bonds is 2. The van der Waals surface area contributed by atoms with Crippen molar-refractivity contribution in [3.63, 3.8) is 0 Å². The van der Waals surface area contributed by atoms with E-state index in [1.54, 1.807) is 11.9 Å². The number of hydrogen-bond donors (Lipinski definition) is 1. The zero-order valence-electron chi connectivity index (χ0n) is 7.32. The highest BCUT2D eigenvalue weighted by Gasteiger charge is 1.99. The van der Waals surface area contributed by atoms with Crippen LogP contribution in [-0.2, 0) is 0 Å². The van der Waals surface area contributed by atoms with E-state index in [9.17, 15) is 0 Å². The van der Waals surface area contributed by atoms with Crippen LogP contribution in [0.5, 0.6) is 0 Å². The predicted octanol–water partition coefficient (Wildman–Crippen LogP) is 2.46. The Hall–Kier alpha value is -1.06. The molecule has 0 amide bonds. The fraction of sp³-hybridized carbons (Fsp3) is 0.100. The number of pyridine rings is 1. The Morgan fingerprint density at radius 2 is 2.15 bits per heavy atom. The van der Waals surface area contributed by atoms with Gasteiger partial charge >= 0.3 is 0 Å². The molecule has 0 saturated heterocycles. The SMILES string of the molecule is CNSc1cccc2ncccc12. The number of benzene rings is 1. The van der Waals surface area contributed by atoms with Crippen LogP contribution in [0.4, 0.5) is 0 Å². The fourth-order valence-electron chi connectivity index (χ4n) is 1.27. The van der Waals surface area contributed by atoms with Gasteiger partial charge in [-0.05, 0) is 37.2 Å². The first-order valence-electron chi connectivity index (χ1n) is 4.09. The Balaban J connectivity index is 2.61. The molecule has 0 aliphatic heterocycles. The molecule has 13 heavy (non-hydrogen) atoms. The lowest BCUT2D eigenvalue weighted by atomic mass is 10.2. The van der Waals surface area contributed by atoms with Gasteiger partial charge in [-0.2, -0.15) is 0 Å². The van der Waals surface area contributed by atoms with Gasteiger partial charge in [0.05, 0.1) is 5.52 Å². The maximum absolute atomic E-state index is 4.28. The lowest BCUT2D eigenvalue weighted by molar-refractivity contribution is 1.28. The summed E-state index contributed by atoms with van der Waals surface area (Å²) in [6.07, 6.45) is 1.82. The zero-order valence-corrected chi connectivity index (χ0v) is 8.14. The summed E-state index contributed by atoms with van der Waals surface area (Å²) in [5.74, 6) is 0. The van der Waals surface area contributed by atoms with Gasteiger partial charge in [0.15, 0.2) is 0 Å². The number of nitrogens with one attached hydrogen (secondary N) is 1. The second-order valence-electron chi connectivity index (χ2n) is 2.63. The molecule has 1 aromatic carbocycles. The van der Waals surface area contributed by atoms with Crippen molar-refractivity contribution in [3.8, 4) is 0 Å². The minimum atomic E-state index is 1.04. The van der Waals surface area contributed by atoms with Crippen LogP contribution in [0.25, 0.3) is 10.9 Å². The molecule has 66 valence electrons. The van der Waals surface area contributed by atoms with Crippen molar-refractivity contribution in [3.05, 3.63) is 36.5 Å². The monoisotopic (exact) mass is 190 g/mol. The molecule has 0 atom stereocenters. The normalized spacial score (nSPS) is 10.5. The molecule has 1 N–H and O–H groups in total. The first-order valence-corrected chi connectivity index (χ1v) is 4.91. The Morgan fingerprint density at radius 1 is 1.23 bits per heavy atom. The van der Waals surface area contributed by atoms with Crippen molar-refractivity contribution in [2.45, 2.75) is 4.90 Å². The molecule has 2 aromatic rings. The second-order valence-corrected chi connectivity index (χ2v) is 3.68. The number of aromatic nitrogens is 1. The molecule has 0 saturated carbocycles. The highest BCUT2D eigenvalue weighted by atomic mass is 32.2. The third-order valence-electron chi connectivity index (χ3n) is 1.82. The standard InChI is InChI=1S/C10H10N2S/c1-11-13-10-6-2-5-9-8(10)4-3-7-12-9/h2-7,11H,1H3. The number of hydrogen-bond acceptors (Lipinski definition) is 3. The summed E-state index contributed by atoms with van der Waals surface area (Å²) >= 11 is 1.61. The largest absolute Gasteiger partial charge is 0.263 e. The first kappa shape index (κ1) is 8.53. The number of fused-ring (bicyclic) bond motifs is 1. The lowest BCUT2D eigenvalue weighted by Crippen LogP contribution is -1.91. The average molecular weight is 190 g/mol. The molecule has 0 radical (unpaired) electrons. The van der Waals surface area contributed by atoms with Crippen LogP contribution in [0.1, 0.15) is 0 Å². The highest BCUT2D eigenvalue weighted by molar-refractivity contribution is 7.97. The van der Waals surface area contributed by atoms with Crippen molar-refractivity contribution < 1.29 is 0 Å². The molecule has 1 heterocycles. The van der Waals surface area contributed by atoms with Gasteiger partial charge in [-0.3, -0.25) is 9.71 Å². The summed E-state index contributed by atoms with van der Waals surface area (Å²) in [5, 5.41) is 1.20. The molecule has 0 unspecified atom stereocenters. The topological polar surface area (TPSA) is 24.9 Å². The van der Waals surface area contributed by atoms with Crippen LogP contribution >= 0.6 is 11.9 Å². The minimum Gasteiger partial charge on any atom is -0.263 e. The fourth-order valence-corrected chi connectivity index (χ4v) is 1.92. The van der Waals surface area contributed by atoms with Crippen LogP contribution in [0.2, 0.25) is 0 Å². The predicted molar refractivity (Wildman–Crippen MR) is 56.7 cm³/mol. The van der Waals surface area contributed by atoms with E-state index in [0.29, 0.717) is 0 Å². The molecule has 0 fully saturated rings. The van der Waals surface area contributed by atoms with Gasteiger partial charge < -0.3 is 0 Å². The van der Waals surface area contributed by atoms with Crippen molar-refractivity contribution in [2.75, 3.05) is 7.05 Å². The Bertz CT molecular complexity index is 409. The van der Waals surface area contributed by atoms with E-state index < -0.39 is 0 Å². The Labute approximate surface area is 81.5 Å². The highest BCUT2D eigenvalue weighted by Crippen LogP contribution is 2.23. The molecule has 0 spiro atoms. The summed E-state index contributed by atoms with van der Waals surface area (Å²) in [6, 6.07) is 10.2. The van der Waals surface area contributed by atoms with Gasteiger partial charge in [-0.25, -0.2) is 0 Å². The zero-order chi connectivity index (χ0) is 9.10. The Kier molecular flexibility index (Phi) is 2.47. The van der Waals surface area contributed by atoms with Crippen LogP contribution < -0.4 is 4.72 Å². The van der Waals surface area contributed by atoms with Crippen LogP contribution in [0, 0.1) is 0 Å². The van der Waals surface area contributed by atoms with E-state index in [1.165, 1.54) is 10.3 Å². The summed E-state index contributed by atoms with van der Waals surface area (Å²) in [5.41, 5.74) is 1.04. The maximum atomic E-state index is 4.28. The van der Waals surface area contributed by atoms with Crippen molar-refractivity contribution in [1.82, 2.24) is 9.71 Å². The quantitative estimate of drug-likeness (QED) is 0.736. The third kappa shape index (κ3) is 1.66. The van der Waals surface area contributed by atoms with Gasteiger partial charge in [0.25, 0.3) is 0 Å². The summed E-state index contributed by atoms with van der Waals surface area (Å²) < 4.78 is 3.07. The van der Waals surface area contributed by atoms with E-state index in [-0.39, 0.29) is 0 Å². The molecule has 1 aromatic heterocycles. The van der Waals surface area contributed by atoms with Crippen molar-refractivity contribution in [1.29, 1.82) is 0 Å². The van der Waals surface area contributed by atoms with Crippen LogP contribution in [-0.4, -0.2) is 12.0 Å². The molecule has 0 aliphatic carbocycles. The molecule has 3 heteroatoms. The van der Waals surface area contributed by atoms with E-state index in [0.717, 1.165) is 5.52 Å². The van der Waals surface area contributed by atoms with Crippen LogP contribution in [0.3, 0.4) is 0 Å². The van der Waals surface area contributed by atoms with E-state index in [2.05, 4.69) is 21.8 Å². The summed E-state index contributed by atoms with van der Waals surface area (Å²) in [7, 11) is 1.92. The minimum absolute atomic E-state index is 1.04. The van der Waals surface area contributed by atoms with Gasteiger partial charge in [0, 0.05) is 16.5 Å². The smallest absolute Gasteiger partial charge is 0.0713 e. The molecular weight excluding hydrogens is 180 g/mol. The molecule has 0 bridgehead atoms. The molecule has 2 rings (SSSR count). The average Bonchev–Trinajstić information content (AvgIpc) is 2.19. The van der Waals surface area contributed by atoms with E-state index >= 15 is 0 Å². The first-order chi connectivity index (χ1) is 6.42. The van der Waals surface area contributed by atoms with Gasteiger partial charge in [0.2, 0.25) is 0 Å². The lowest BCUT2D eigenvalue weighted by Gasteiger charge is -2.02. The summed E-state index contributed by atoms with van der Waals surface area (Å²) in [6.45, 7) is 0. The molecule has 0 aliphatic rings. The Morgan fingerprint density at radius 3 is 3.00 bits per heavy atom. The summed E-state index contributed by atoms with van der Waals surface area (Å²) in [4.78, 5) is 5.50.